The molecule has 0 spiro atoms. The van der Waals surface area contributed by atoms with Gasteiger partial charge in [-0.25, -0.2) is 0 Å². The van der Waals surface area contributed by atoms with Gasteiger partial charge in [0.1, 0.15) is 11.5 Å². The monoisotopic (exact) mass is 394 g/mol. The lowest BCUT2D eigenvalue weighted by Crippen LogP contribution is -2.24. The molecule has 0 unspecified atom stereocenters. The molecule has 28 heavy (non-hydrogen) atoms. The third-order valence-electron chi connectivity index (χ3n) is 4.57. The Hall–Kier alpha value is -3.51. The SMILES string of the molecule is COc1ccc(Oc2cc(N)c3c(c2N)C(=O)c2cc(Cl)ccc2C3=O)cc1. The molecule has 0 amide bonds. The van der Waals surface area contributed by atoms with Crippen molar-refractivity contribution in [2.24, 2.45) is 0 Å². The van der Waals surface area contributed by atoms with Crippen molar-refractivity contribution in [3.8, 4) is 17.2 Å². The van der Waals surface area contributed by atoms with Gasteiger partial charge in [-0.15, -0.1) is 0 Å². The number of hydrogen-bond acceptors (Lipinski definition) is 6. The van der Waals surface area contributed by atoms with Crippen LogP contribution in [0.25, 0.3) is 0 Å². The van der Waals surface area contributed by atoms with Crippen molar-refractivity contribution < 1.29 is 19.1 Å². The van der Waals surface area contributed by atoms with Gasteiger partial charge >= 0.3 is 0 Å². The van der Waals surface area contributed by atoms with Crippen LogP contribution in [0.4, 0.5) is 11.4 Å². The molecule has 1 aliphatic carbocycles. The van der Waals surface area contributed by atoms with E-state index in [0.717, 1.165) is 0 Å². The van der Waals surface area contributed by atoms with Gasteiger partial charge in [0.15, 0.2) is 17.3 Å². The summed E-state index contributed by atoms with van der Waals surface area (Å²) in [6, 6.07) is 12.8. The third kappa shape index (κ3) is 2.75. The van der Waals surface area contributed by atoms with Crippen LogP contribution in [-0.4, -0.2) is 18.7 Å². The predicted molar refractivity (Wildman–Crippen MR) is 107 cm³/mol. The first-order valence-electron chi connectivity index (χ1n) is 8.33. The molecule has 4 rings (SSSR count). The van der Waals surface area contributed by atoms with Crippen LogP contribution in [0.3, 0.4) is 0 Å². The van der Waals surface area contributed by atoms with Crippen LogP contribution >= 0.6 is 11.6 Å². The number of nitrogen functional groups attached to an aromatic ring is 2. The molecule has 0 aliphatic heterocycles. The molecule has 3 aromatic rings. The minimum absolute atomic E-state index is 0.0308. The zero-order chi connectivity index (χ0) is 20.0. The summed E-state index contributed by atoms with van der Waals surface area (Å²) in [5.74, 6) is 0.537. The summed E-state index contributed by atoms with van der Waals surface area (Å²) < 4.78 is 10.9. The summed E-state index contributed by atoms with van der Waals surface area (Å²) in [4.78, 5) is 25.9. The molecule has 7 heteroatoms. The van der Waals surface area contributed by atoms with Gasteiger partial charge in [0.25, 0.3) is 0 Å². The fraction of sp³-hybridized carbons (Fsp3) is 0.0476. The number of benzene rings is 3. The van der Waals surface area contributed by atoms with E-state index in [4.69, 9.17) is 32.5 Å². The van der Waals surface area contributed by atoms with E-state index in [-0.39, 0.29) is 45.2 Å². The summed E-state index contributed by atoms with van der Waals surface area (Å²) in [6.45, 7) is 0. The standard InChI is InChI=1S/C21H15ClN2O4/c1-27-11-3-5-12(6-4-11)28-16-9-15(23)17-18(19(16)24)21(26)14-8-10(22)2-7-13(14)20(17)25/h2-9H,23-24H2,1H3. The highest BCUT2D eigenvalue weighted by Crippen LogP contribution is 2.41. The molecule has 140 valence electrons. The van der Waals surface area contributed by atoms with E-state index in [0.29, 0.717) is 16.5 Å². The number of carbonyl (C=O) groups excluding carboxylic acids is 2. The van der Waals surface area contributed by atoms with Crippen LogP contribution < -0.4 is 20.9 Å². The highest BCUT2D eigenvalue weighted by Gasteiger charge is 2.34. The molecular weight excluding hydrogens is 380 g/mol. The van der Waals surface area contributed by atoms with Gasteiger partial charge < -0.3 is 20.9 Å². The molecule has 1 aliphatic rings. The molecule has 4 N–H and O–H groups in total. The van der Waals surface area contributed by atoms with E-state index in [1.165, 1.54) is 18.2 Å². The zero-order valence-electron chi connectivity index (χ0n) is 14.8. The minimum Gasteiger partial charge on any atom is -0.497 e. The third-order valence-corrected chi connectivity index (χ3v) is 4.81. The normalized spacial score (nSPS) is 12.4. The molecule has 0 saturated heterocycles. The number of nitrogens with two attached hydrogens (primary N) is 2. The Morgan fingerprint density at radius 2 is 1.46 bits per heavy atom. The predicted octanol–water partition coefficient (Wildman–Crippen LogP) is 4.08. The topological polar surface area (TPSA) is 105 Å². The van der Waals surface area contributed by atoms with E-state index in [9.17, 15) is 9.59 Å². The zero-order valence-corrected chi connectivity index (χ0v) is 15.5. The number of halogens is 1. The number of rotatable bonds is 3. The maximum absolute atomic E-state index is 13.0. The van der Waals surface area contributed by atoms with Crippen LogP contribution in [0.5, 0.6) is 17.2 Å². The lowest BCUT2D eigenvalue weighted by molar-refractivity contribution is 0.0980. The van der Waals surface area contributed by atoms with Crippen LogP contribution in [0.2, 0.25) is 5.02 Å². The molecule has 0 saturated carbocycles. The number of fused-ring (bicyclic) bond motifs is 2. The summed E-state index contributed by atoms with van der Waals surface area (Å²) in [7, 11) is 1.56. The molecule has 0 aromatic heterocycles. The Kier molecular flexibility index (Phi) is 4.20. The van der Waals surface area contributed by atoms with Gasteiger partial charge in [0.2, 0.25) is 0 Å². The number of ether oxygens (including phenoxy) is 2. The fourth-order valence-corrected chi connectivity index (χ4v) is 3.37. The molecule has 3 aromatic carbocycles. The van der Waals surface area contributed by atoms with Crippen molar-refractivity contribution in [2.45, 2.75) is 0 Å². The van der Waals surface area contributed by atoms with Crippen molar-refractivity contribution in [1.82, 2.24) is 0 Å². The van der Waals surface area contributed by atoms with Crippen molar-refractivity contribution in [2.75, 3.05) is 18.6 Å². The molecular formula is C21H15ClN2O4. The van der Waals surface area contributed by atoms with Crippen LogP contribution in [0.15, 0.2) is 48.5 Å². The Morgan fingerprint density at radius 3 is 2.14 bits per heavy atom. The second kappa shape index (κ2) is 6.58. The first-order valence-corrected chi connectivity index (χ1v) is 8.71. The Morgan fingerprint density at radius 1 is 0.821 bits per heavy atom. The summed E-state index contributed by atoms with van der Waals surface area (Å²) in [5.41, 5.74) is 13.0. The Bertz CT molecular complexity index is 1140. The van der Waals surface area contributed by atoms with Crippen LogP contribution in [-0.2, 0) is 0 Å². The Balaban J connectivity index is 1.83. The lowest BCUT2D eigenvalue weighted by Gasteiger charge is -2.22. The van der Waals surface area contributed by atoms with Gasteiger partial charge in [0.05, 0.1) is 23.9 Å². The average molecular weight is 395 g/mol. The second-order valence-electron chi connectivity index (χ2n) is 6.25. The fourth-order valence-electron chi connectivity index (χ4n) is 3.20. The van der Waals surface area contributed by atoms with E-state index < -0.39 is 5.78 Å². The number of ketones is 2. The van der Waals surface area contributed by atoms with Gasteiger partial charge in [0, 0.05) is 27.9 Å². The van der Waals surface area contributed by atoms with Crippen molar-refractivity contribution in [3.05, 3.63) is 75.8 Å². The lowest BCUT2D eigenvalue weighted by atomic mass is 9.82. The first kappa shape index (κ1) is 17.9. The number of carbonyl (C=O) groups is 2. The maximum atomic E-state index is 13.0. The molecule has 0 fully saturated rings. The molecule has 0 heterocycles. The highest BCUT2D eigenvalue weighted by atomic mass is 35.5. The number of hydrogen-bond donors (Lipinski definition) is 2. The van der Waals surface area contributed by atoms with Gasteiger partial charge in [-0.3, -0.25) is 9.59 Å². The summed E-state index contributed by atoms with van der Waals surface area (Å²) in [5, 5.41) is 0.348. The molecule has 0 bridgehead atoms. The van der Waals surface area contributed by atoms with Crippen molar-refractivity contribution in [1.29, 1.82) is 0 Å². The Labute approximate surface area is 165 Å². The van der Waals surface area contributed by atoms with Crippen molar-refractivity contribution in [3.63, 3.8) is 0 Å². The van der Waals surface area contributed by atoms with Crippen molar-refractivity contribution >= 4 is 34.5 Å². The van der Waals surface area contributed by atoms with Gasteiger partial charge in [-0.2, -0.15) is 0 Å². The smallest absolute Gasteiger partial charge is 0.196 e. The average Bonchev–Trinajstić information content (AvgIpc) is 2.69. The molecule has 6 nitrogen and oxygen atoms in total. The maximum Gasteiger partial charge on any atom is 0.196 e. The minimum atomic E-state index is -0.420. The number of anilines is 2. The van der Waals surface area contributed by atoms with E-state index in [1.807, 2.05) is 0 Å². The quantitative estimate of drug-likeness (QED) is 0.507. The molecule has 0 radical (unpaired) electrons. The second-order valence-corrected chi connectivity index (χ2v) is 6.69. The van der Waals surface area contributed by atoms with E-state index in [1.54, 1.807) is 37.4 Å². The summed E-state index contributed by atoms with van der Waals surface area (Å²) >= 11 is 6.00. The van der Waals surface area contributed by atoms with Crippen LogP contribution in [0.1, 0.15) is 31.8 Å². The van der Waals surface area contributed by atoms with Crippen LogP contribution in [0, 0.1) is 0 Å². The highest BCUT2D eigenvalue weighted by molar-refractivity contribution is 6.35. The van der Waals surface area contributed by atoms with E-state index >= 15 is 0 Å². The largest absolute Gasteiger partial charge is 0.497 e. The van der Waals surface area contributed by atoms with Gasteiger partial charge in [-0.1, -0.05) is 11.6 Å². The molecule has 0 atom stereocenters. The number of methoxy groups -OCH3 is 1. The first-order chi connectivity index (χ1) is 13.4. The van der Waals surface area contributed by atoms with E-state index in [2.05, 4.69) is 0 Å². The van der Waals surface area contributed by atoms with Gasteiger partial charge in [-0.05, 0) is 42.5 Å². The summed E-state index contributed by atoms with van der Waals surface area (Å²) in [6.07, 6.45) is 0.